The molecule has 2 amide bonds. The van der Waals surface area contributed by atoms with E-state index in [0.717, 1.165) is 17.7 Å². The van der Waals surface area contributed by atoms with E-state index >= 15 is 0 Å². The lowest BCUT2D eigenvalue weighted by Crippen LogP contribution is -2.34. The normalized spacial score (nSPS) is 10.5. The average Bonchev–Trinajstić information content (AvgIpc) is 2.65. The van der Waals surface area contributed by atoms with E-state index < -0.39 is 0 Å². The molecule has 0 fully saturated rings. The summed E-state index contributed by atoms with van der Waals surface area (Å²) >= 11 is 0. The van der Waals surface area contributed by atoms with E-state index in [1.807, 2.05) is 26.2 Å². The van der Waals surface area contributed by atoms with Crippen molar-refractivity contribution in [3.63, 3.8) is 0 Å². The molecule has 0 saturated heterocycles. The van der Waals surface area contributed by atoms with Gasteiger partial charge in [0, 0.05) is 19.6 Å². The molecule has 0 bridgehead atoms. The minimum absolute atomic E-state index is 0.237. The third-order valence-corrected chi connectivity index (χ3v) is 3.80. The summed E-state index contributed by atoms with van der Waals surface area (Å²) in [6.07, 6.45) is 0. The van der Waals surface area contributed by atoms with Gasteiger partial charge >= 0.3 is 12.0 Å². The van der Waals surface area contributed by atoms with Crippen LogP contribution >= 0.6 is 0 Å². The molecular weight excluding hydrogens is 330 g/mol. The molecule has 2 aromatic rings. The molecule has 0 radical (unpaired) electrons. The fourth-order valence-corrected chi connectivity index (χ4v) is 2.43. The van der Waals surface area contributed by atoms with E-state index in [2.05, 4.69) is 32.4 Å². The van der Waals surface area contributed by atoms with Crippen LogP contribution in [0.25, 0.3) is 0 Å². The van der Waals surface area contributed by atoms with Crippen LogP contribution in [-0.4, -0.2) is 38.1 Å². The second kappa shape index (κ2) is 9.58. The number of nitrogens with zero attached hydrogens (tertiary/aromatic N) is 1. The fourth-order valence-electron chi connectivity index (χ4n) is 2.43. The maximum Gasteiger partial charge on any atom is 0.337 e. The highest BCUT2D eigenvalue weighted by Gasteiger charge is 2.05. The molecule has 0 saturated carbocycles. The number of rotatable bonds is 7. The first-order valence-corrected chi connectivity index (χ1v) is 8.39. The minimum Gasteiger partial charge on any atom is -0.465 e. The number of hydrogen-bond donors (Lipinski definition) is 2. The van der Waals surface area contributed by atoms with Crippen molar-refractivity contribution >= 4 is 12.0 Å². The Labute approximate surface area is 154 Å². The molecule has 0 heterocycles. The zero-order chi connectivity index (χ0) is 18.9. The Hall–Kier alpha value is -2.86. The first kappa shape index (κ1) is 19.5. The molecule has 138 valence electrons. The summed E-state index contributed by atoms with van der Waals surface area (Å²) < 4.78 is 4.65. The predicted octanol–water partition coefficient (Wildman–Crippen LogP) is 2.53. The summed E-state index contributed by atoms with van der Waals surface area (Å²) in [5.74, 6) is -0.376. The second-order valence-electron chi connectivity index (χ2n) is 6.28. The van der Waals surface area contributed by atoms with Gasteiger partial charge < -0.3 is 20.3 Å². The van der Waals surface area contributed by atoms with E-state index in [9.17, 15) is 9.59 Å². The van der Waals surface area contributed by atoms with Crippen molar-refractivity contribution in [2.45, 2.75) is 19.6 Å². The molecule has 26 heavy (non-hydrogen) atoms. The maximum atomic E-state index is 11.9. The summed E-state index contributed by atoms with van der Waals surface area (Å²) in [7, 11) is 5.41. The van der Waals surface area contributed by atoms with Crippen LogP contribution in [-0.2, 0) is 24.4 Å². The molecule has 2 rings (SSSR count). The van der Waals surface area contributed by atoms with Gasteiger partial charge in [-0.3, -0.25) is 0 Å². The van der Waals surface area contributed by atoms with Crippen LogP contribution in [0, 0.1) is 0 Å². The third kappa shape index (κ3) is 6.22. The smallest absolute Gasteiger partial charge is 0.337 e. The minimum atomic E-state index is -0.376. The quantitative estimate of drug-likeness (QED) is 0.749. The van der Waals surface area contributed by atoms with Crippen LogP contribution in [0.5, 0.6) is 0 Å². The van der Waals surface area contributed by atoms with Crippen LogP contribution < -0.4 is 10.6 Å². The molecule has 0 unspecified atom stereocenters. The van der Waals surface area contributed by atoms with Crippen LogP contribution in [0.2, 0.25) is 0 Å². The maximum absolute atomic E-state index is 11.9. The molecule has 2 N–H and O–H groups in total. The zero-order valence-corrected chi connectivity index (χ0v) is 15.4. The van der Waals surface area contributed by atoms with E-state index in [1.54, 1.807) is 24.3 Å². The summed E-state index contributed by atoms with van der Waals surface area (Å²) in [5, 5.41) is 5.63. The number of amides is 2. The Balaban J connectivity index is 1.75. The van der Waals surface area contributed by atoms with Crippen LogP contribution in [0.4, 0.5) is 4.79 Å². The SMILES string of the molecule is COC(=O)c1ccc(CNC(=O)NCc2ccc(CN(C)C)cc2)cc1. The van der Waals surface area contributed by atoms with E-state index in [0.29, 0.717) is 18.7 Å². The summed E-state index contributed by atoms with van der Waals surface area (Å²) in [6, 6.07) is 14.9. The number of hydrogen-bond acceptors (Lipinski definition) is 4. The third-order valence-electron chi connectivity index (χ3n) is 3.80. The van der Waals surface area contributed by atoms with Gasteiger partial charge in [0.15, 0.2) is 0 Å². The van der Waals surface area contributed by atoms with Crippen molar-refractivity contribution in [1.29, 1.82) is 0 Å². The van der Waals surface area contributed by atoms with Crippen molar-refractivity contribution < 1.29 is 14.3 Å². The number of urea groups is 1. The summed E-state index contributed by atoms with van der Waals surface area (Å²) in [5.41, 5.74) is 3.67. The van der Waals surface area contributed by atoms with Crippen molar-refractivity contribution in [2.24, 2.45) is 0 Å². The summed E-state index contributed by atoms with van der Waals surface area (Å²) in [4.78, 5) is 25.4. The van der Waals surface area contributed by atoms with Gasteiger partial charge in [-0.25, -0.2) is 9.59 Å². The topological polar surface area (TPSA) is 70.7 Å². The molecule has 0 aliphatic carbocycles. The highest BCUT2D eigenvalue weighted by atomic mass is 16.5. The van der Waals surface area contributed by atoms with Gasteiger partial charge in [-0.15, -0.1) is 0 Å². The zero-order valence-electron chi connectivity index (χ0n) is 15.4. The lowest BCUT2D eigenvalue weighted by atomic mass is 10.1. The van der Waals surface area contributed by atoms with Crippen molar-refractivity contribution in [3.8, 4) is 0 Å². The van der Waals surface area contributed by atoms with Gasteiger partial charge in [0.1, 0.15) is 0 Å². The molecular formula is C20H25N3O3. The summed E-state index contributed by atoms with van der Waals surface area (Å²) in [6.45, 7) is 1.74. The molecule has 0 atom stereocenters. The number of nitrogens with one attached hydrogen (secondary N) is 2. The first-order chi connectivity index (χ1) is 12.5. The lowest BCUT2D eigenvalue weighted by molar-refractivity contribution is 0.0600. The molecule has 0 aromatic heterocycles. The van der Waals surface area contributed by atoms with Crippen LogP contribution in [0.3, 0.4) is 0 Å². The van der Waals surface area contributed by atoms with Gasteiger partial charge in [0.2, 0.25) is 0 Å². The van der Waals surface area contributed by atoms with Gasteiger partial charge in [0.25, 0.3) is 0 Å². The van der Waals surface area contributed by atoms with E-state index in [4.69, 9.17) is 0 Å². The monoisotopic (exact) mass is 355 g/mol. The van der Waals surface area contributed by atoms with Crippen LogP contribution in [0.15, 0.2) is 48.5 Å². The highest BCUT2D eigenvalue weighted by Crippen LogP contribution is 2.07. The fraction of sp³-hybridized carbons (Fsp3) is 0.300. The Kier molecular flexibility index (Phi) is 7.17. The molecule has 0 spiro atoms. The molecule has 6 heteroatoms. The largest absolute Gasteiger partial charge is 0.465 e. The highest BCUT2D eigenvalue weighted by molar-refractivity contribution is 5.89. The predicted molar refractivity (Wildman–Crippen MR) is 101 cm³/mol. The number of carbonyl (C=O) groups is 2. The Morgan fingerprint density at radius 3 is 1.77 bits per heavy atom. The Morgan fingerprint density at radius 1 is 0.846 bits per heavy atom. The van der Waals surface area contributed by atoms with E-state index in [-0.39, 0.29) is 12.0 Å². The van der Waals surface area contributed by atoms with Gasteiger partial charge in [-0.05, 0) is 42.9 Å². The Bertz CT molecular complexity index is 725. The van der Waals surface area contributed by atoms with Crippen molar-refractivity contribution in [3.05, 3.63) is 70.8 Å². The first-order valence-electron chi connectivity index (χ1n) is 8.39. The van der Waals surface area contributed by atoms with Crippen LogP contribution in [0.1, 0.15) is 27.0 Å². The number of esters is 1. The average molecular weight is 355 g/mol. The Morgan fingerprint density at radius 2 is 1.31 bits per heavy atom. The number of carbonyl (C=O) groups excluding carboxylic acids is 2. The van der Waals surface area contributed by atoms with Gasteiger partial charge in [0.05, 0.1) is 12.7 Å². The second-order valence-corrected chi connectivity index (χ2v) is 6.28. The number of methoxy groups -OCH3 is 1. The van der Waals surface area contributed by atoms with Gasteiger partial charge in [-0.1, -0.05) is 36.4 Å². The lowest BCUT2D eigenvalue weighted by Gasteiger charge is -2.11. The van der Waals surface area contributed by atoms with Crippen molar-refractivity contribution in [1.82, 2.24) is 15.5 Å². The molecule has 0 aliphatic rings. The van der Waals surface area contributed by atoms with Crippen molar-refractivity contribution in [2.75, 3.05) is 21.2 Å². The standard InChI is InChI=1S/C20H25N3O3/c1-23(2)14-17-6-4-15(5-7-17)12-21-20(25)22-13-16-8-10-18(11-9-16)19(24)26-3/h4-11H,12-14H2,1-3H3,(H2,21,22,25). The molecule has 6 nitrogen and oxygen atoms in total. The number of benzene rings is 2. The molecule has 0 aliphatic heterocycles. The molecule has 2 aromatic carbocycles. The van der Waals surface area contributed by atoms with Gasteiger partial charge in [-0.2, -0.15) is 0 Å². The van der Waals surface area contributed by atoms with E-state index in [1.165, 1.54) is 12.7 Å². The number of ether oxygens (including phenoxy) is 1.